The second-order valence-electron chi connectivity index (χ2n) is 5.93. The van der Waals surface area contributed by atoms with Gasteiger partial charge in [0.15, 0.2) is 0 Å². The van der Waals surface area contributed by atoms with Crippen molar-refractivity contribution in [2.75, 3.05) is 4.90 Å². The topological polar surface area (TPSA) is 42.7 Å². The lowest BCUT2D eigenvalue weighted by atomic mass is 10.2. The maximum atomic E-state index is 12.4. The number of nitrogens with zero attached hydrogens (tertiary/aromatic N) is 4. The predicted molar refractivity (Wildman–Crippen MR) is 102 cm³/mol. The van der Waals surface area contributed by atoms with Crippen LogP contribution in [0.1, 0.15) is 12.1 Å². The molecule has 4 rings (SSSR count). The lowest BCUT2D eigenvalue weighted by Crippen LogP contribution is -2.29. The highest BCUT2D eigenvalue weighted by atomic mass is 35.5. The molecule has 0 amide bonds. The smallest absolute Gasteiger partial charge is 0.387 e. The molecule has 0 N–H and O–H groups in total. The summed E-state index contributed by atoms with van der Waals surface area (Å²) >= 11 is 6.17. The van der Waals surface area contributed by atoms with E-state index in [-0.39, 0.29) is 5.75 Å². The molecule has 1 aromatic heterocycles. The van der Waals surface area contributed by atoms with E-state index < -0.39 is 12.9 Å². The molecule has 1 aliphatic heterocycles. The van der Waals surface area contributed by atoms with Crippen LogP contribution in [0.5, 0.6) is 5.75 Å². The van der Waals surface area contributed by atoms with Crippen LogP contribution in [0.3, 0.4) is 0 Å². The van der Waals surface area contributed by atoms with E-state index in [1.807, 2.05) is 40.8 Å². The maximum absolute atomic E-state index is 12.4. The fraction of sp³-hybridized carbons (Fsp3) is 0.158. The number of aryl methyl sites for hydroxylation is 1. The maximum Gasteiger partial charge on any atom is 0.387 e. The molecule has 2 heterocycles. The Hall–Kier alpha value is -2.93. The van der Waals surface area contributed by atoms with Crippen molar-refractivity contribution in [2.24, 2.45) is 4.99 Å². The van der Waals surface area contributed by atoms with Crippen LogP contribution in [0.25, 0.3) is 11.0 Å². The van der Waals surface area contributed by atoms with Crippen molar-refractivity contribution >= 4 is 34.5 Å². The Labute approximate surface area is 159 Å². The van der Waals surface area contributed by atoms with Crippen LogP contribution in [-0.2, 0) is 0 Å². The quantitative estimate of drug-likeness (QED) is 0.620. The molecule has 0 saturated heterocycles. The zero-order valence-corrected chi connectivity index (χ0v) is 15.0. The Morgan fingerprint density at radius 3 is 2.67 bits per heavy atom. The standard InChI is InChI=1S/C19H15ClF2N4O/c1-12-24-16-8-3-13(20)11-17(16)26(12)19-23-9-2-10-25(19)14-4-6-15(7-5-14)27-18(21)22/h2-11,18-19H,1H3. The van der Waals surface area contributed by atoms with Crippen LogP contribution >= 0.6 is 11.6 Å². The number of alkyl halides is 2. The van der Waals surface area contributed by atoms with E-state index in [1.54, 1.807) is 24.4 Å². The number of imidazole rings is 1. The zero-order chi connectivity index (χ0) is 19.0. The molecule has 8 heteroatoms. The lowest BCUT2D eigenvalue weighted by molar-refractivity contribution is -0.0498. The monoisotopic (exact) mass is 388 g/mol. The van der Waals surface area contributed by atoms with Crippen LogP contribution in [0.4, 0.5) is 14.5 Å². The third kappa shape index (κ3) is 3.38. The van der Waals surface area contributed by atoms with Crippen LogP contribution < -0.4 is 9.64 Å². The van der Waals surface area contributed by atoms with E-state index in [9.17, 15) is 8.78 Å². The minimum absolute atomic E-state index is 0.103. The van der Waals surface area contributed by atoms with Crippen molar-refractivity contribution < 1.29 is 13.5 Å². The molecule has 0 saturated carbocycles. The van der Waals surface area contributed by atoms with Crippen molar-refractivity contribution in [1.29, 1.82) is 0 Å². The summed E-state index contributed by atoms with van der Waals surface area (Å²) in [7, 11) is 0. The van der Waals surface area contributed by atoms with E-state index >= 15 is 0 Å². The lowest BCUT2D eigenvalue weighted by Gasteiger charge is -2.31. The van der Waals surface area contributed by atoms with Gasteiger partial charge in [-0.3, -0.25) is 4.57 Å². The molecule has 27 heavy (non-hydrogen) atoms. The van der Waals surface area contributed by atoms with Gasteiger partial charge in [0.1, 0.15) is 11.6 Å². The number of fused-ring (bicyclic) bond motifs is 1. The van der Waals surface area contributed by atoms with Gasteiger partial charge in [-0.2, -0.15) is 8.78 Å². The summed E-state index contributed by atoms with van der Waals surface area (Å²) in [6.07, 6.45) is 4.98. The Morgan fingerprint density at radius 2 is 1.93 bits per heavy atom. The normalized spacial score (nSPS) is 16.5. The number of hydrogen-bond acceptors (Lipinski definition) is 4. The van der Waals surface area contributed by atoms with Gasteiger partial charge in [0, 0.05) is 23.1 Å². The largest absolute Gasteiger partial charge is 0.435 e. The van der Waals surface area contributed by atoms with Crippen molar-refractivity contribution in [2.45, 2.75) is 19.8 Å². The van der Waals surface area contributed by atoms with Gasteiger partial charge in [-0.25, -0.2) is 9.98 Å². The second-order valence-corrected chi connectivity index (χ2v) is 6.36. The third-order valence-electron chi connectivity index (χ3n) is 4.22. The van der Waals surface area contributed by atoms with Gasteiger partial charge in [0.25, 0.3) is 0 Å². The zero-order valence-electron chi connectivity index (χ0n) is 14.3. The van der Waals surface area contributed by atoms with Gasteiger partial charge in [0.2, 0.25) is 6.29 Å². The number of hydrogen-bond donors (Lipinski definition) is 0. The second kappa shape index (κ2) is 7.00. The molecule has 138 valence electrons. The summed E-state index contributed by atoms with van der Waals surface area (Å²) < 4.78 is 31.1. The Kier molecular flexibility index (Phi) is 4.53. The Morgan fingerprint density at radius 1 is 1.15 bits per heavy atom. The summed E-state index contributed by atoms with van der Waals surface area (Å²) in [5.74, 6) is 0.887. The fourth-order valence-corrected chi connectivity index (χ4v) is 3.26. The number of aliphatic imine (C=N–C) groups is 1. The molecule has 0 radical (unpaired) electrons. The summed E-state index contributed by atoms with van der Waals surface area (Å²) in [6.45, 7) is -0.952. The number of halogens is 3. The van der Waals surface area contributed by atoms with E-state index in [2.05, 4.69) is 14.7 Å². The van der Waals surface area contributed by atoms with E-state index in [1.165, 1.54) is 12.1 Å². The first kappa shape index (κ1) is 17.5. The Balaban J connectivity index is 1.74. The molecule has 0 aliphatic carbocycles. The van der Waals surface area contributed by atoms with Gasteiger partial charge in [-0.1, -0.05) is 11.6 Å². The van der Waals surface area contributed by atoms with Crippen LogP contribution in [0.15, 0.2) is 59.7 Å². The van der Waals surface area contributed by atoms with E-state index in [0.717, 1.165) is 22.5 Å². The van der Waals surface area contributed by atoms with Gasteiger partial charge < -0.3 is 9.64 Å². The average Bonchev–Trinajstić information content (AvgIpc) is 2.97. The minimum atomic E-state index is -2.85. The molecule has 2 aromatic carbocycles. The molecule has 3 aromatic rings. The first-order valence-corrected chi connectivity index (χ1v) is 8.58. The molecular weight excluding hydrogens is 374 g/mol. The number of benzene rings is 2. The molecule has 1 aliphatic rings. The highest BCUT2D eigenvalue weighted by Crippen LogP contribution is 2.32. The molecule has 1 unspecified atom stereocenters. The third-order valence-corrected chi connectivity index (χ3v) is 4.45. The number of aromatic nitrogens is 2. The molecule has 0 spiro atoms. The first-order valence-electron chi connectivity index (χ1n) is 8.20. The van der Waals surface area contributed by atoms with Crippen molar-refractivity contribution in [3.8, 4) is 5.75 Å². The summed E-state index contributed by atoms with van der Waals surface area (Å²) in [4.78, 5) is 11.1. The highest BCUT2D eigenvalue weighted by molar-refractivity contribution is 6.31. The minimum Gasteiger partial charge on any atom is -0.435 e. The Bertz CT molecular complexity index is 1030. The molecule has 0 fully saturated rings. The van der Waals surface area contributed by atoms with Crippen LogP contribution in [0.2, 0.25) is 5.02 Å². The molecule has 1 atom stereocenters. The van der Waals surface area contributed by atoms with Crippen LogP contribution in [0, 0.1) is 6.92 Å². The SMILES string of the molecule is Cc1nc2ccc(Cl)cc2n1C1N=CC=CN1c1ccc(OC(F)F)cc1. The van der Waals surface area contributed by atoms with Crippen molar-refractivity contribution in [1.82, 2.24) is 9.55 Å². The van der Waals surface area contributed by atoms with Crippen molar-refractivity contribution in [3.05, 3.63) is 65.6 Å². The number of anilines is 1. The van der Waals surface area contributed by atoms with Gasteiger partial charge in [-0.15, -0.1) is 0 Å². The molecular formula is C19H15ClF2N4O. The van der Waals surface area contributed by atoms with Gasteiger partial charge in [-0.05, 0) is 55.5 Å². The predicted octanol–water partition coefficient (Wildman–Crippen LogP) is 5.16. The molecule has 0 bridgehead atoms. The summed E-state index contributed by atoms with van der Waals surface area (Å²) in [6, 6.07) is 11.9. The van der Waals surface area contributed by atoms with Crippen molar-refractivity contribution in [3.63, 3.8) is 0 Å². The summed E-state index contributed by atoms with van der Waals surface area (Å²) in [5, 5.41) is 0.610. The first-order chi connectivity index (χ1) is 13.0. The highest BCUT2D eigenvalue weighted by Gasteiger charge is 2.23. The molecule has 5 nitrogen and oxygen atoms in total. The van der Waals surface area contributed by atoms with Gasteiger partial charge >= 0.3 is 6.61 Å². The number of ether oxygens (including phenoxy) is 1. The van der Waals surface area contributed by atoms with Gasteiger partial charge in [0.05, 0.1) is 11.0 Å². The number of rotatable bonds is 4. The fourth-order valence-electron chi connectivity index (χ4n) is 3.09. The van der Waals surface area contributed by atoms with Crippen LogP contribution in [-0.4, -0.2) is 22.4 Å². The van der Waals surface area contributed by atoms with E-state index in [0.29, 0.717) is 5.02 Å². The number of allylic oxidation sites excluding steroid dienone is 1. The van der Waals surface area contributed by atoms with E-state index in [4.69, 9.17) is 11.6 Å². The average molecular weight is 389 g/mol. The summed E-state index contributed by atoms with van der Waals surface area (Å²) in [5.41, 5.74) is 2.46.